The number of ether oxygens (including phenoxy) is 2. The first-order chi connectivity index (χ1) is 15.3. The lowest BCUT2D eigenvalue weighted by atomic mass is 10.0. The van der Waals surface area contributed by atoms with Crippen LogP contribution in [0.1, 0.15) is 48.2 Å². The van der Waals surface area contributed by atoms with Crippen molar-refractivity contribution in [3.05, 3.63) is 52.7 Å². The lowest BCUT2D eigenvalue weighted by molar-refractivity contribution is -0.137. The number of rotatable bonds is 10. The number of hydrogen-bond donors (Lipinski definition) is 2. The van der Waals surface area contributed by atoms with Crippen LogP contribution in [0.15, 0.2) is 34.9 Å². The Bertz CT molecular complexity index is 1120. The van der Waals surface area contributed by atoms with Gasteiger partial charge in [0.15, 0.2) is 17.1 Å². The van der Waals surface area contributed by atoms with Gasteiger partial charge in [-0.15, -0.1) is 0 Å². The normalized spacial score (nSPS) is 11.9. The number of amides is 1. The van der Waals surface area contributed by atoms with Crippen molar-refractivity contribution >= 4 is 22.8 Å². The van der Waals surface area contributed by atoms with Gasteiger partial charge in [0.25, 0.3) is 0 Å². The first-order valence-corrected chi connectivity index (χ1v) is 10.5. The van der Waals surface area contributed by atoms with Gasteiger partial charge in [0, 0.05) is 5.39 Å². The van der Waals surface area contributed by atoms with Crippen LogP contribution in [-0.2, 0) is 16.0 Å². The molecule has 8 nitrogen and oxygen atoms in total. The molecular weight excluding hydrogens is 412 g/mol. The largest absolute Gasteiger partial charge is 0.493 e. The van der Waals surface area contributed by atoms with Crippen LogP contribution in [0.5, 0.6) is 11.5 Å². The number of aryl methyl sites for hydroxylation is 2. The smallest absolute Gasteiger partial charge is 0.305 e. The number of fused-ring (bicyclic) bond motifs is 1. The molecule has 0 aliphatic carbocycles. The maximum atomic E-state index is 12.8. The number of aromatic nitrogens is 1. The van der Waals surface area contributed by atoms with Crippen LogP contribution in [0.2, 0.25) is 0 Å². The van der Waals surface area contributed by atoms with E-state index < -0.39 is 12.0 Å². The van der Waals surface area contributed by atoms with Crippen LogP contribution in [0, 0.1) is 13.8 Å². The Balaban J connectivity index is 1.81. The Hall–Kier alpha value is -3.55. The molecule has 1 heterocycles. The van der Waals surface area contributed by atoms with E-state index in [4.69, 9.17) is 14.0 Å². The lowest BCUT2D eigenvalue weighted by Crippen LogP contribution is -2.31. The number of hydrogen-bond acceptors (Lipinski definition) is 6. The first-order valence-electron chi connectivity index (χ1n) is 10.5. The number of carbonyl (C=O) groups is 2. The fraction of sp³-hybridized carbons (Fsp3) is 0.375. The zero-order chi connectivity index (χ0) is 23.3. The SMILES string of the molecule is CCCOc1ccc(C(CC(=O)O)NC(=O)Cc2noc3c(C)cc(C)cc23)cc1OC. The molecule has 32 heavy (non-hydrogen) atoms. The summed E-state index contributed by atoms with van der Waals surface area (Å²) in [5.41, 5.74) is 3.76. The number of carboxylic acids is 1. The summed E-state index contributed by atoms with van der Waals surface area (Å²) in [7, 11) is 1.52. The summed E-state index contributed by atoms with van der Waals surface area (Å²) in [6, 6.07) is 8.33. The number of aliphatic carboxylic acids is 1. The number of benzene rings is 2. The second kappa shape index (κ2) is 10.2. The molecule has 3 rings (SSSR count). The maximum Gasteiger partial charge on any atom is 0.305 e. The molecule has 2 aromatic carbocycles. The standard InChI is InChI=1S/C24H28N2O6/c1-5-8-31-20-7-6-16(11-21(20)30-4)18(13-23(28)29)25-22(27)12-19-17-10-14(2)9-15(3)24(17)32-26-19/h6-7,9-11,18H,5,8,12-13H2,1-4H3,(H,25,27)(H,28,29). The minimum absolute atomic E-state index is 0.0269. The highest BCUT2D eigenvalue weighted by atomic mass is 16.5. The first kappa shape index (κ1) is 23.1. The average molecular weight is 440 g/mol. The molecule has 0 radical (unpaired) electrons. The Morgan fingerprint density at radius 1 is 1.19 bits per heavy atom. The molecule has 0 aliphatic heterocycles. The van der Waals surface area contributed by atoms with Gasteiger partial charge < -0.3 is 24.4 Å². The summed E-state index contributed by atoms with van der Waals surface area (Å²) in [5, 5.41) is 17.0. The third-order valence-electron chi connectivity index (χ3n) is 5.07. The van der Waals surface area contributed by atoms with Gasteiger partial charge in [-0.1, -0.05) is 24.2 Å². The number of carbonyl (C=O) groups excluding carboxylic acids is 1. The van der Waals surface area contributed by atoms with Crippen molar-refractivity contribution in [1.82, 2.24) is 10.5 Å². The van der Waals surface area contributed by atoms with E-state index in [1.54, 1.807) is 18.2 Å². The zero-order valence-electron chi connectivity index (χ0n) is 18.7. The van der Waals surface area contributed by atoms with Crippen molar-refractivity contribution in [2.75, 3.05) is 13.7 Å². The van der Waals surface area contributed by atoms with Gasteiger partial charge in [0.05, 0.1) is 32.6 Å². The lowest BCUT2D eigenvalue weighted by Gasteiger charge is -2.19. The van der Waals surface area contributed by atoms with Crippen molar-refractivity contribution in [3.8, 4) is 11.5 Å². The number of carboxylic acid groups (broad SMARTS) is 1. The van der Waals surface area contributed by atoms with Crippen LogP contribution >= 0.6 is 0 Å². The summed E-state index contributed by atoms with van der Waals surface area (Å²) in [4.78, 5) is 24.3. The number of nitrogens with one attached hydrogen (secondary N) is 1. The summed E-state index contributed by atoms with van der Waals surface area (Å²) >= 11 is 0. The van der Waals surface area contributed by atoms with Crippen LogP contribution in [0.3, 0.4) is 0 Å². The van der Waals surface area contributed by atoms with E-state index >= 15 is 0 Å². The molecule has 1 unspecified atom stereocenters. The van der Waals surface area contributed by atoms with Crippen LogP contribution in [-0.4, -0.2) is 35.9 Å². The van der Waals surface area contributed by atoms with Crippen LogP contribution in [0.25, 0.3) is 11.0 Å². The fourth-order valence-corrected chi connectivity index (χ4v) is 3.62. The van der Waals surface area contributed by atoms with Crippen molar-refractivity contribution in [3.63, 3.8) is 0 Å². The van der Waals surface area contributed by atoms with Gasteiger partial charge in [-0.3, -0.25) is 9.59 Å². The third-order valence-corrected chi connectivity index (χ3v) is 5.07. The predicted octanol–water partition coefficient (Wildman–Crippen LogP) is 4.12. The monoisotopic (exact) mass is 440 g/mol. The van der Waals surface area contributed by atoms with E-state index in [2.05, 4.69) is 10.5 Å². The van der Waals surface area contributed by atoms with Crippen molar-refractivity contribution in [1.29, 1.82) is 0 Å². The molecule has 2 N–H and O–H groups in total. The molecule has 0 fully saturated rings. The van der Waals surface area contributed by atoms with E-state index in [1.165, 1.54) is 7.11 Å². The third kappa shape index (κ3) is 5.38. The van der Waals surface area contributed by atoms with E-state index in [1.807, 2.05) is 32.9 Å². The second-order valence-electron chi connectivity index (χ2n) is 7.74. The molecule has 0 spiro atoms. The van der Waals surface area contributed by atoms with E-state index in [9.17, 15) is 14.7 Å². The average Bonchev–Trinajstić information content (AvgIpc) is 3.14. The minimum Gasteiger partial charge on any atom is -0.493 e. The summed E-state index contributed by atoms with van der Waals surface area (Å²) in [5.74, 6) is -0.332. The van der Waals surface area contributed by atoms with Crippen molar-refractivity contribution < 1.29 is 28.7 Å². The minimum atomic E-state index is -1.03. The number of methoxy groups -OCH3 is 1. The number of nitrogens with zero attached hydrogens (tertiary/aromatic N) is 1. The highest BCUT2D eigenvalue weighted by molar-refractivity contribution is 5.88. The summed E-state index contributed by atoms with van der Waals surface area (Å²) in [6.45, 7) is 6.43. The Labute approximate surface area is 186 Å². The molecule has 1 atom stereocenters. The molecular formula is C24H28N2O6. The van der Waals surface area contributed by atoms with Crippen LogP contribution in [0.4, 0.5) is 0 Å². The van der Waals surface area contributed by atoms with E-state index in [-0.39, 0.29) is 18.7 Å². The molecule has 0 bridgehead atoms. The van der Waals surface area contributed by atoms with Gasteiger partial charge in [0.1, 0.15) is 5.69 Å². The highest BCUT2D eigenvalue weighted by Crippen LogP contribution is 2.32. The molecule has 0 saturated carbocycles. The Kier molecular flexibility index (Phi) is 7.35. The molecule has 0 saturated heterocycles. The fourth-order valence-electron chi connectivity index (χ4n) is 3.62. The second-order valence-corrected chi connectivity index (χ2v) is 7.74. The molecule has 3 aromatic rings. The molecule has 1 aromatic heterocycles. The molecule has 8 heteroatoms. The zero-order valence-corrected chi connectivity index (χ0v) is 18.7. The van der Waals surface area contributed by atoms with Gasteiger partial charge in [-0.2, -0.15) is 0 Å². The van der Waals surface area contributed by atoms with Crippen LogP contribution < -0.4 is 14.8 Å². The topological polar surface area (TPSA) is 111 Å². The van der Waals surface area contributed by atoms with Gasteiger partial charge in [0.2, 0.25) is 5.91 Å². The summed E-state index contributed by atoms with van der Waals surface area (Å²) < 4.78 is 16.5. The van der Waals surface area contributed by atoms with Gasteiger partial charge in [-0.25, -0.2) is 0 Å². The maximum absolute atomic E-state index is 12.8. The Morgan fingerprint density at radius 2 is 1.97 bits per heavy atom. The van der Waals surface area contributed by atoms with Gasteiger partial charge >= 0.3 is 5.97 Å². The quantitative estimate of drug-likeness (QED) is 0.488. The van der Waals surface area contributed by atoms with E-state index in [0.29, 0.717) is 34.9 Å². The molecule has 170 valence electrons. The van der Waals surface area contributed by atoms with Crippen molar-refractivity contribution in [2.24, 2.45) is 0 Å². The molecule has 0 aliphatic rings. The van der Waals surface area contributed by atoms with Gasteiger partial charge in [-0.05, 0) is 55.2 Å². The molecule has 1 amide bonds. The summed E-state index contributed by atoms with van der Waals surface area (Å²) in [6.07, 6.45) is 0.543. The highest BCUT2D eigenvalue weighted by Gasteiger charge is 2.22. The predicted molar refractivity (Wildman–Crippen MR) is 119 cm³/mol. The van der Waals surface area contributed by atoms with E-state index in [0.717, 1.165) is 22.9 Å². The van der Waals surface area contributed by atoms with Crippen molar-refractivity contribution in [2.45, 2.75) is 46.1 Å². The Morgan fingerprint density at radius 3 is 2.66 bits per heavy atom.